The van der Waals surface area contributed by atoms with E-state index in [1.807, 2.05) is 42.7 Å². The SMILES string of the molecule is COc1cc2c(c(OC)c1OC)-c1ccc(N[C@@H](CCSC)C(=O)NCc3nc4ccccc4[nH]3)c(=O)cc1[C@@H](NC(C)=O)CC2. The fourth-order valence-electron chi connectivity index (χ4n) is 5.90. The molecule has 5 rings (SSSR count). The third-order valence-electron chi connectivity index (χ3n) is 8.04. The van der Waals surface area contributed by atoms with E-state index in [4.69, 9.17) is 14.2 Å². The Hall–Kier alpha value is -4.71. The van der Waals surface area contributed by atoms with Crippen molar-refractivity contribution in [3.63, 3.8) is 0 Å². The minimum atomic E-state index is -0.677. The Morgan fingerprint density at radius 1 is 1.07 bits per heavy atom. The highest BCUT2D eigenvalue weighted by molar-refractivity contribution is 7.98. The average Bonchev–Trinajstić information content (AvgIpc) is 3.34. The molecule has 0 bridgehead atoms. The van der Waals surface area contributed by atoms with Crippen LogP contribution in [-0.2, 0) is 22.6 Å². The predicted octanol–water partition coefficient (Wildman–Crippen LogP) is 4.59. The number of ether oxygens (including phenoxy) is 3. The first-order valence-corrected chi connectivity index (χ1v) is 16.4. The van der Waals surface area contributed by atoms with Gasteiger partial charge in [-0.05, 0) is 78.3 Å². The van der Waals surface area contributed by atoms with Gasteiger partial charge in [0.1, 0.15) is 11.9 Å². The monoisotopic (exact) mass is 645 g/mol. The van der Waals surface area contributed by atoms with Crippen molar-refractivity contribution in [1.29, 1.82) is 0 Å². The molecule has 0 saturated carbocycles. The van der Waals surface area contributed by atoms with Crippen molar-refractivity contribution < 1.29 is 23.8 Å². The minimum Gasteiger partial charge on any atom is -0.493 e. The van der Waals surface area contributed by atoms with Gasteiger partial charge in [-0.15, -0.1) is 0 Å². The van der Waals surface area contributed by atoms with Gasteiger partial charge in [-0.25, -0.2) is 4.98 Å². The molecule has 242 valence electrons. The zero-order chi connectivity index (χ0) is 32.8. The van der Waals surface area contributed by atoms with Gasteiger partial charge >= 0.3 is 0 Å². The number of benzene rings is 2. The summed E-state index contributed by atoms with van der Waals surface area (Å²) >= 11 is 1.62. The van der Waals surface area contributed by atoms with Gasteiger partial charge in [-0.3, -0.25) is 14.4 Å². The summed E-state index contributed by atoms with van der Waals surface area (Å²) in [7, 11) is 4.67. The maximum atomic E-state index is 13.8. The first kappa shape index (κ1) is 32.7. The lowest BCUT2D eigenvalue weighted by Gasteiger charge is -2.19. The molecule has 2 atom stereocenters. The number of carbonyl (C=O) groups excluding carboxylic acids is 2. The molecular formula is C34H39N5O6S. The smallest absolute Gasteiger partial charge is 0.242 e. The molecule has 1 heterocycles. The van der Waals surface area contributed by atoms with Gasteiger partial charge in [0.05, 0.1) is 50.6 Å². The van der Waals surface area contributed by atoms with Gasteiger partial charge < -0.3 is 35.1 Å². The Kier molecular flexibility index (Phi) is 10.4. The first-order chi connectivity index (χ1) is 22.3. The molecule has 1 aromatic heterocycles. The Labute approximate surface area is 271 Å². The van der Waals surface area contributed by atoms with Gasteiger partial charge in [-0.2, -0.15) is 11.8 Å². The van der Waals surface area contributed by atoms with Gasteiger partial charge in [0.2, 0.25) is 23.0 Å². The third-order valence-corrected chi connectivity index (χ3v) is 8.69. The second-order valence-corrected chi connectivity index (χ2v) is 12.0. The number of amides is 2. The van der Waals surface area contributed by atoms with E-state index < -0.39 is 12.1 Å². The number of thioether (sulfide) groups is 1. The first-order valence-electron chi connectivity index (χ1n) is 15.0. The van der Waals surface area contributed by atoms with Crippen LogP contribution in [-0.4, -0.2) is 61.2 Å². The predicted molar refractivity (Wildman–Crippen MR) is 181 cm³/mol. The highest BCUT2D eigenvalue weighted by atomic mass is 32.2. The molecular weight excluding hydrogens is 606 g/mol. The molecule has 0 fully saturated rings. The number of imidazole rings is 1. The number of aryl methyl sites for hydroxylation is 1. The lowest BCUT2D eigenvalue weighted by atomic mass is 9.95. The molecule has 12 heteroatoms. The fraction of sp³-hybridized carbons (Fsp3) is 0.353. The lowest BCUT2D eigenvalue weighted by molar-refractivity contribution is -0.122. The van der Waals surface area contributed by atoms with Gasteiger partial charge in [-0.1, -0.05) is 18.2 Å². The number of hydrogen-bond acceptors (Lipinski definition) is 9. The normalized spacial score (nSPS) is 14.3. The molecule has 0 spiro atoms. The summed E-state index contributed by atoms with van der Waals surface area (Å²) in [5, 5.41) is 9.20. The van der Waals surface area contributed by atoms with E-state index in [2.05, 4.69) is 25.9 Å². The van der Waals surface area contributed by atoms with Crippen LogP contribution in [0.1, 0.15) is 42.8 Å². The van der Waals surface area contributed by atoms with Crippen molar-refractivity contribution in [1.82, 2.24) is 20.6 Å². The summed E-state index contributed by atoms with van der Waals surface area (Å²) in [5.74, 6) is 2.31. The van der Waals surface area contributed by atoms with Gasteiger partial charge in [0.25, 0.3) is 0 Å². The standard InChI is InChI=1S/C34H39N5O6S/c1-19(40)36-23-12-10-20-16-29(43-2)32(44-3)33(45-4)31(20)21-11-13-26(28(41)17-22(21)23)37-27(14-15-46-5)34(42)35-18-30-38-24-8-6-7-9-25(24)39-30/h6-9,11,13,16-17,23,27H,10,12,14-15,18H2,1-5H3,(H,35,42)(H,36,40)(H,37,41)(H,38,39)/t23-,27-/m0/s1. The number of methoxy groups -OCH3 is 3. The number of para-hydroxylation sites is 2. The van der Waals surface area contributed by atoms with Crippen molar-refractivity contribution in [2.45, 2.75) is 44.8 Å². The molecule has 4 aromatic rings. The van der Waals surface area contributed by atoms with E-state index in [9.17, 15) is 14.4 Å². The molecule has 4 N–H and O–H groups in total. The molecule has 46 heavy (non-hydrogen) atoms. The van der Waals surface area contributed by atoms with Crippen LogP contribution in [0.15, 0.2) is 53.3 Å². The summed E-state index contributed by atoms with van der Waals surface area (Å²) in [5.41, 5.74) is 4.72. The van der Waals surface area contributed by atoms with E-state index in [1.165, 1.54) is 6.92 Å². The van der Waals surface area contributed by atoms with Crippen LogP contribution in [0.2, 0.25) is 0 Å². The number of hydrogen-bond donors (Lipinski definition) is 4. The topological polar surface area (TPSA) is 144 Å². The Morgan fingerprint density at radius 2 is 1.85 bits per heavy atom. The Bertz CT molecular complexity index is 1780. The second-order valence-electron chi connectivity index (χ2n) is 11.0. The zero-order valence-corrected chi connectivity index (χ0v) is 27.4. The van der Waals surface area contributed by atoms with Crippen molar-refractivity contribution in [2.75, 3.05) is 38.7 Å². The van der Waals surface area contributed by atoms with Crippen LogP contribution in [0.3, 0.4) is 0 Å². The molecule has 0 radical (unpaired) electrons. The summed E-state index contributed by atoms with van der Waals surface area (Å²) < 4.78 is 17.2. The minimum absolute atomic E-state index is 0.209. The second kappa shape index (κ2) is 14.6. The Morgan fingerprint density at radius 3 is 2.54 bits per heavy atom. The highest BCUT2D eigenvalue weighted by Crippen LogP contribution is 2.50. The van der Waals surface area contributed by atoms with Crippen molar-refractivity contribution >= 4 is 40.3 Å². The van der Waals surface area contributed by atoms with Crippen LogP contribution in [0.5, 0.6) is 17.2 Å². The number of nitrogens with zero attached hydrogens (tertiary/aromatic N) is 1. The number of H-pyrrole nitrogens is 1. The quantitative estimate of drug-likeness (QED) is 0.174. The van der Waals surface area contributed by atoms with Gasteiger partial charge in [0, 0.05) is 12.5 Å². The van der Waals surface area contributed by atoms with Crippen molar-refractivity contribution in [3.05, 3.63) is 75.7 Å². The number of aromatic nitrogens is 2. The van der Waals surface area contributed by atoms with Crippen molar-refractivity contribution in [2.24, 2.45) is 0 Å². The third kappa shape index (κ3) is 6.91. The maximum absolute atomic E-state index is 13.8. The number of carbonyl (C=O) groups is 2. The molecule has 2 amide bonds. The summed E-state index contributed by atoms with van der Waals surface area (Å²) in [6, 6.07) is 13.5. The lowest BCUT2D eigenvalue weighted by Crippen LogP contribution is -2.40. The average molecular weight is 646 g/mol. The maximum Gasteiger partial charge on any atom is 0.242 e. The molecule has 1 aliphatic carbocycles. The summed E-state index contributed by atoms with van der Waals surface area (Å²) in [4.78, 5) is 47.3. The molecule has 3 aromatic carbocycles. The zero-order valence-electron chi connectivity index (χ0n) is 26.6. The van der Waals surface area contributed by atoms with Crippen molar-refractivity contribution in [3.8, 4) is 28.4 Å². The summed E-state index contributed by atoms with van der Waals surface area (Å²) in [6.07, 6.45) is 3.60. The number of nitrogens with one attached hydrogen (secondary N) is 4. The summed E-state index contributed by atoms with van der Waals surface area (Å²) in [6.45, 7) is 1.67. The van der Waals surface area contributed by atoms with E-state index in [0.717, 1.165) is 22.2 Å². The van der Waals surface area contributed by atoms with Gasteiger partial charge in [0.15, 0.2) is 11.5 Å². The van der Waals surface area contributed by atoms with Crippen LogP contribution >= 0.6 is 11.8 Å². The number of anilines is 1. The molecule has 1 aliphatic rings. The molecule has 0 aliphatic heterocycles. The molecule has 11 nitrogen and oxygen atoms in total. The van der Waals surface area contributed by atoms with Crippen LogP contribution in [0.4, 0.5) is 5.69 Å². The van der Waals surface area contributed by atoms with Crippen LogP contribution in [0.25, 0.3) is 22.2 Å². The van der Waals surface area contributed by atoms with E-state index >= 15 is 0 Å². The van der Waals surface area contributed by atoms with Crippen LogP contribution in [0, 0.1) is 0 Å². The number of rotatable bonds is 12. The molecule has 0 unspecified atom stereocenters. The fourth-order valence-corrected chi connectivity index (χ4v) is 6.37. The van der Waals surface area contributed by atoms with E-state index in [-0.39, 0.29) is 29.5 Å². The van der Waals surface area contributed by atoms with E-state index in [0.29, 0.717) is 59.2 Å². The molecule has 0 saturated heterocycles. The largest absolute Gasteiger partial charge is 0.493 e. The number of fused-ring (bicyclic) bond motifs is 4. The number of aromatic amines is 1. The Balaban J connectivity index is 1.53. The van der Waals surface area contributed by atoms with Crippen LogP contribution < -0.4 is 35.6 Å². The van der Waals surface area contributed by atoms with E-state index in [1.54, 1.807) is 45.2 Å². The highest BCUT2D eigenvalue weighted by Gasteiger charge is 2.30.